The van der Waals surface area contributed by atoms with Gasteiger partial charge in [-0.25, -0.2) is 0 Å². The quantitative estimate of drug-likeness (QED) is 0.778. The van der Waals surface area contributed by atoms with Gasteiger partial charge in [-0.3, -0.25) is 9.48 Å². The zero-order valence-corrected chi connectivity index (χ0v) is 14.0. The van der Waals surface area contributed by atoms with Crippen molar-refractivity contribution in [2.24, 2.45) is 0 Å². The Bertz CT molecular complexity index is 873. The molecule has 5 nitrogen and oxygen atoms in total. The monoisotopic (exact) mass is 310 g/mol. The Morgan fingerprint density at radius 3 is 2.70 bits per heavy atom. The molecule has 0 aliphatic carbocycles. The van der Waals surface area contributed by atoms with Crippen LogP contribution in [0.25, 0.3) is 10.9 Å². The second-order valence-corrected chi connectivity index (χ2v) is 6.21. The number of fused-ring (bicyclic) bond motifs is 1. The zero-order chi connectivity index (χ0) is 16.6. The largest absolute Gasteiger partial charge is 0.358 e. The Morgan fingerprint density at radius 1 is 1.22 bits per heavy atom. The Hall–Kier alpha value is -2.56. The predicted octanol–water partition coefficient (Wildman–Crippen LogP) is 2.91. The molecule has 3 aromatic rings. The predicted molar refractivity (Wildman–Crippen MR) is 91.3 cm³/mol. The fourth-order valence-electron chi connectivity index (χ4n) is 2.88. The molecule has 120 valence electrons. The van der Waals surface area contributed by atoms with Gasteiger partial charge >= 0.3 is 0 Å². The second-order valence-electron chi connectivity index (χ2n) is 6.21. The fourth-order valence-corrected chi connectivity index (χ4v) is 2.88. The molecular weight excluding hydrogens is 288 g/mol. The van der Waals surface area contributed by atoms with Crippen LogP contribution in [0.1, 0.15) is 27.9 Å². The third-order valence-corrected chi connectivity index (χ3v) is 4.19. The van der Waals surface area contributed by atoms with Gasteiger partial charge in [-0.1, -0.05) is 11.6 Å². The molecule has 0 aliphatic heterocycles. The first-order valence-electron chi connectivity index (χ1n) is 7.78. The average Bonchev–Trinajstić information content (AvgIpc) is 3.02. The zero-order valence-electron chi connectivity index (χ0n) is 14.0. The fraction of sp³-hybridized carbons (Fsp3) is 0.333. The smallest absolute Gasteiger partial charge is 0.241 e. The highest BCUT2D eigenvalue weighted by Gasteiger charge is 2.11. The normalized spacial score (nSPS) is 11.1. The maximum Gasteiger partial charge on any atom is 0.241 e. The number of benzene rings is 1. The van der Waals surface area contributed by atoms with E-state index in [2.05, 4.69) is 48.3 Å². The first-order chi connectivity index (χ1) is 10.9. The number of hydrogen-bond donors (Lipinski definition) is 2. The number of hydrogen-bond acceptors (Lipinski definition) is 2. The molecule has 0 aliphatic rings. The first kappa shape index (κ1) is 15.3. The molecule has 0 saturated carbocycles. The lowest BCUT2D eigenvalue weighted by Crippen LogP contribution is -2.27. The van der Waals surface area contributed by atoms with Crippen LogP contribution >= 0.6 is 0 Å². The molecule has 0 bridgehead atoms. The van der Waals surface area contributed by atoms with E-state index in [-0.39, 0.29) is 12.5 Å². The molecular formula is C18H22N4O. The Kier molecular flexibility index (Phi) is 3.94. The van der Waals surface area contributed by atoms with Gasteiger partial charge in [-0.05, 0) is 50.5 Å². The van der Waals surface area contributed by atoms with Crippen LogP contribution in [0.4, 0.5) is 0 Å². The lowest BCUT2D eigenvalue weighted by atomic mass is 10.0. The van der Waals surface area contributed by atoms with Crippen LogP contribution in [-0.4, -0.2) is 20.7 Å². The highest BCUT2D eigenvalue weighted by Crippen LogP contribution is 2.25. The summed E-state index contributed by atoms with van der Waals surface area (Å²) in [4.78, 5) is 15.5. The van der Waals surface area contributed by atoms with Crippen LogP contribution in [0.3, 0.4) is 0 Å². The number of aromatic nitrogens is 3. The summed E-state index contributed by atoms with van der Waals surface area (Å²) in [5.74, 6) is -0.0391. The first-order valence-corrected chi connectivity index (χ1v) is 7.78. The lowest BCUT2D eigenvalue weighted by Gasteiger charge is -2.08. The minimum Gasteiger partial charge on any atom is -0.358 e. The van der Waals surface area contributed by atoms with Crippen LogP contribution in [0.15, 0.2) is 24.5 Å². The molecule has 0 fully saturated rings. The molecule has 2 aromatic heterocycles. The van der Waals surface area contributed by atoms with Crippen molar-refractivity contribution in [1.29, 1.82) is 0 Å². The number of nitrogens with one attached hydrogen (secondary N) is 2. The number of carbonyl (C=O) groups excluding carboxylic acids is 1. The van der Waals surface area contributed by atoms with Gasteiger partial charge in [0.1, 0.15) is 6.54 Å². The second kappa shape index (κ2) is 5.91. The van der Waals surface area contributed by atoms with Crippen molar-refractivity contribution in [3.8, 4) is 0 Å². The molecule has 1 aromatic carbocycles. The minimum absolute atomic E-state index is 0.0391. The van der Waals surface area contributed by atoms with Crippen LogP contribution in [0.2, 0.25) is 0 Å². The summed E-state index contributed by atoms with van der Waals surface area (Å²) in [5.41, 5.74) is 6.91. The van der Waals surface area contributed by atoms with Gasteiger partial charge in [0.25, 0.3) is 0 Å². The average molecular weight is 310 g/mol. The summed E-state index contributed by atoms with van der Waals surface area (Å²) < 4.78 is 1.65. The van der Waals surface area contributed by atoms with Crippen molar-refractivity contribution in [2.45, 2.75) is 40.8 Å². The minimum atomic E-state index is -0.0391. The van der Waals surface area contributed by atoms with Gasteiger partial charge in [0, 0.05) is 23.8 Å². The van der Waals surface area contributed by atoms with E-state index in [1.807, 2.05) is 13.1 Å². The van der Waals surface area contributed by atoms with E-state index in [0.29, 0.717) is 6.54 Å². The molecule has 0 saturated heterocycles. The maximum absolute atomic E-state index is 12.1. The van der Waals surface area contributed by atoms with Gasteiger partial charge in [0.05, 0.1) is 11.7 Å². The van der Waals surface area contributed by atoms with Gasteiger partial charge < -0.3 is 10.3 Å². The molecule has 2 heterocycles. The van der Waals surface area contributed by atoms with Crippen molar-refractivity contribution in [3.63, 3.8) is 0 Å². The summed E-state index contributed by atoms with van der Waals surface area (Å²) in [6.07, 6.45) is 3.62. The maximum atomic E-state index is 12.1. The highest BCUT2D eigenvalue weighted by atomic mass is 16.2. The Labute approximate surface area is 135 Å². The molecule has 0 spiro atoms. The van der Waals surface area contributed by atoms with Crippen LogP contribution < -0.4 is 5.32 Å². The highest BCUT2D eigenvalue weighted by molar-refractivity contribution is 5.88. The van der Waals surface area contributed by atoms with E-state index < -0.39 is 0 Å². The molecule has 3 rings (SSSR count). The van der Waals surface area contributed by atoms with Crippen LogP contribution in [0.5, 0.6) is 0 Å². The number of H-pyrrole nitrogens is 1. The van der Waals surface area contributed by atoms with E-state index >= 15 is 0 Å². The van der Waals surface area contributed by atoms with E-state index in [1.54, 1.807) is 10.9 Å². The summed E-state index contributed by atoms with van der Waals surface area (Å²) in [6, 6.07) is 4.31. The molecule has 0 unspecified atom stereocenters. The van der Waals surface area contributed by atoms with Gasteiger partial charge in [-0.2, -0.15) is 5.10 Å². The Balaban J connectivity index is 1.76. The van der Waals surface area contributed by atoms with E-state index in [1.165, 1.54) is 22.2 Å². The number of aryl methyl sites for hydroxylation is 4. The van der Waals surface area contributed by atoms with Crippen LogP contribution in [-0.2, 0) is 17.9 Å². The number of carbonyl (C=O) groups is 1. The number of aromatic amines is 1. The third-order valence-electron chi connectivity index (χ3n) is 4.19. The van der Waals surface area contributed by atoms with E-state index in [0.717, 1.165) is 16.6 Å². The van der Waals surface area contributed by atoms with E-state index in [4.69, 9.17) is 0 Å². The molecule has 0 atom stereocenters. The number of amides is 1. The standard InChI is InChI=1S/C18H22N4O/c1-11-5-15(18-16(6-11)13(3)14(4)21-18)8-19-17(23)10-22-9-12(2)7-20-22/h5-7,9,21H,8,10H2,1-4H3,(H,19,23). The van der Waals surface area contributed by atoms with Gasteiger partial charge in [-0.15, -0.1) is 0 Å². The topological polar surface area (TPSA) is 62.7 Å². The van der Waals surface area contributed by atoms with Crippen molar-refractivity contribution in [2.75, 3.05) is 0 Å². The van der Waals surface area contributed by atoms with Crippen molar-refractivity contribution < 1.29 is 4.79 Å². The molecule has 0 radical (unpaired) electrons. The van der Waals surface area contributed by atoms with Crippen molar-refractivity contribution in [3.05, 3.63) is 52.5 Å². The molecule has 2 N–H and O–H groups in total. The number of nitrogens with zero attached hydrogens (tertiary/aromatic N) is 2. The summed E-state index contributed by atoms with van der Waals surface area (Å²) in [7, 11) is 0. The van der Waals surface area contributed by atoms with Gasteiger partial charge in [0.15, 0.2) is 0 Å². The SMILES string of the molecule is Cc1cc(CNC(=O)Cn2cc(C)cn2)c2[nH]c(C)c(C)c2c1. The number of rotatable bonds is 4. The molecule has 1 amide bonds. The lowest BCUT2D eigenvalue weighted by molar-refractivity contribution is -0.122. The Morgan fingerprint density at radius 2 is 2.00 bits per heavy atom. The van der Waals surface area contributed by atoms with Crippen molar-refractivity contribution in [1.82, 2.24) is 20.1 Å². The summed E-state index contributed by atoms with van der Waals surface area (Å²) in [6.45, 7) is 8.99. The molecule has 23 heavy (non-hydrogen) atoms. The third kappa shape index (κ3) is 3.13. The summed E-state index contributed by atoms with van der Waals surface area (Å²) >= 11 is 0. The van der Waals surface area contributed by atoms with Crippen LogP contribution in [0, 0.1) is 27.7 Å². The van der Waals surface area contributed by atoms with Gasteiger partial charge in [0.2, 0.25) is 5.91 Å². The summed E-state index contributed by atoms with van der Waals surface area (Å²) in [5, 5.41) is 8.36. The molecule has 5 heteroatoms. The van der Waals surface area contributed by atoms with E-state index in [9.17, 15) is 4.79 Å². The van der Waals surface area contributed by atoms with Crippen molar-refractivity contribution >= 4 is 16.8 Å².